The maximum Gasteiger partial charge on any atom is 0.275 e. The van der Waals surface area contributed by atoms with Crippen molar-refractivity contribution in [1.29, 1.82) is 0 Å². The quantitative estimate of drug-likeness (QED) is 0.687. The summed E-state index contributed by atoms with van der Waals surface area (Å²) in [5.41, 5.74) is 1.56. The molecule has 4 rings (SSSR count). The van der Waals surface area contributed by atoms with Gasteiger partial charge in [-0.2, -0.15) is 0 Å². The van der Waals surface area contributed by atoms with Gasteiger partial charge in [-0.3, -0.25) is 9.69 Å². The summed E-state index contributed by atoms with van der Waals surface area (Å²) < 4.78 is 30.9. The summed E-state index contributed by atoms with van der Waals surface area (Å²) in [5.74, 6) is 0.596. The second-order valence-corrected chi connectivity index (χ2v) is 9.43. The average Bonchev–Trinajstić information content (AvgIpc) is 3.35. The normalized spacial score (nSPS) is 16.0. The number of amides is 1. The average molecular weight is 417 g/mol. The van der Waals surface area contributed by atoms with Crippen LogP contribution >= 0.6 is 0 Å². The number of fused-ring (bicyclic) bond motifs is 1. The number of hydrogen-bond donors (Lipinski definition) is 1. The van der Waals surface area contributed by atoms with Gasteiger partial charge in [-0.25, -0.2) is 12.7 Å². The Hall–Kier alpha value is -2.62. The van der Waals surface area contributed by atoms with Crippen molar-refractivity contribution in [2.75, 3.05) is 40.3 Å². The fraction of sp³-hybridized carbons (Fsp3) is 0.350. The molecule has 1 amide bonds. The maximum atomic E-state index is 12.8. The molecule has 0 bridgehead atoms. The zero-order valence-electron chi connectivity index (χ0n) is 16.5. The summed E-state index contributed by atoms with van der Waals surface area (Å²) in [6.45, 7) is 3.12. The number of nitrogens with one attached hydrogen (secondary N) is 1. The van der Waals surface area contributed by atoms with E-state index in [1.807, 2.05) is 35.2 Å². The minimum absolute atomic E-state index is 0.00166. The summed E-state index contributed by atoms with van der Waals surface area (Å²) >= 11 is 0. The van der Waals surface area contributed by atoms with Crippen LogP contribution in [-0.2, 0) is 16.6 Å². The second-order valence-electron chi connectivity index (χ2n) is 7.35. The summed E-state index contributed by atoms with van der Waals surface area (Å²) in [6.07, 6.45) is 0. The van der Waals surface area contributed by atoms with Crippen molar-refractivity contribution >= 4 is 26.8 Å². The minimum Gasteiger partial charge on any atom is -0.447 e. The van der Waals surface area contributed by atoms with Crippen LogP contribution in [0.5, 0.6) is 0 Å². The summed E-state index contributed by atoms with van der Waals surface area (Å²) in [4.78, 5) is 20.0. The van der Waals surface area contributed by atoms with Gasteiger partial charge in [0.2, 0.25) is 5.09 Å². The van der Waals surface area contributed by atoms with E-state index in [9.17, 15) is 13.2 Å². The lowest BCUT2D eigenvalue weighted by atomic mass is 10.2. The molecule has 3 heterocycles. The van der Waals surface area contributed by atoms with E-state index in [0.29, 0.717) is 44.2 Å². The van der Waals surface area contributed by atoms with Crippen molar-refractivity contribution in [1.82, 2.24) is 19.1 Å². The molecule has 9 heteroatoms. The molecular formula is C20H24N4O4S. The van der Waals surface area contributed by atoms with E-state index in [0.717, 1.165) is 15.2 Å². The van der Waals surface area contributed by atoms with Gasteiger partial charge < -0.3 is 14.3 Å². The van der Waals surface area contributed by atoms with Gasteiger partial charge in [0.05, 0.1) is 6.54 Å². The highest BCUT2D eigenvalue weighted by atomic mass is 32.2. The number of aromatic amines is 1. The van der Waals surface area contributed by atoms with Crippen molar-refractivity contribution < 1.29 is 17.6 Å². The summed E-state index contributed by atoms with van der Waals surface area (Å²) in [6, 6.07) is 12.9. The molecule has 0 aliphatic carbocycles. The topological polar surface area (TPSA) is 89.9 Å². The molecule has 29 heavy (non-hydrogen) atoms. The van der Waals surface area contributed by atoms with Crippen LogP contribution in [-0.4, -0.2) is 73.7 Å². The number of carbonyl (C=O) groups is 1. The highest BCUT2D eigenvalue weighted by Crippen LogP contribution is 2.20. The number of para-hydroxylation sites is 1. The van der Waals surface area contributed by atoms with Crippen LogP contribution in [0.15, 0.2) is 52.0 Å². The number of H-pyrrole nitrogens is 1. The highest BCUT2D eigenvalue weighted by Gasteiger charge is 2.25. The monoisotopic (exact) mass is 416 g/mol. The lowest BCUT2D eigenvalue weighted by molar-refractivity contribution is 0.0614. The molecular weight excluding hydrogens is 392 g/mol. The molecule has 0 spiro atoms. The van der Waals surface area contributed by atoms with Crippen molar-refractivity contribution in [3.8, 4) is 0 Å². The number of benzene rings is 1. The maximum absolute atomic E-state index is 12.8. The summed E-state index contributed by atoms with van der Waals surface area (Å²) in [7, 11) is -0.621. The van der Waals surface area contributed by atoms with Crippen LogP contribution in [0.3, 0.4) is 0 Å². The Morgan fingerprint density at radius 1 is 1.10 bits per heavy atom. The van der Waals surface area contributed by atoms with Crippen LogP contribution in [0, 0.1) is 0 Å². The number of furan rings is 1. The van der Waals surface area contributed by atoms with E-state index in [1.54, 1.807) is 6.07 Å². The zero-order chi connectivity index (χ0) is 20.6. The third-order valence-electron chi connectivity index (χ3n) is 5.17. The van der Waals surface area contributed by atoms with Gasteiger partial charge in [-0.15, -0.1) is 0 Å². The van der Waals surface area contributed by atoms with Crippen LogP contribution in [0.25, 0.3) is 10.9 Å². The number of piperazine rings is 1. The van der Waals surface area contributed by atoms with E-state index >= 15 is 0 Å². The van der Waals surface area contributed by atoms with Gasteiger partial charge in [0, 0.05) is 51.2 Å². The molecule has 0 atom stereocenters. The second kappa shape index (κ2) is 7.66. The van der Waals surface area contributed by atoms with Crippen LogP contribution in [0.4, 0.5) is 0 Å². The Morgan fingerprint density at radius 3 is 2.52 bits per heavy atom. The van der Waals surface area contributed by atoms with Gasteiger partial charge >= 0.3 is 0 Å². The molecule has 1 saturated heterocycles. The van der Waals surface area contributed by atoms with Gasteiger partial charge in [0.25, 0.3) is 15.9 Å². The third kappa shape index (κ3) is 3.93. The molecule has 3 aromatic rings. The largest absolute Gasteiger partial charge is 0.447 e. The SMILES string of the molecule is CN(C)S(=O)(=O)c1ccc(CN2CCN(C(=O)c3cc4ccccc4[nH]3)CC2)o1. The van der Waals surface area contributed by atoms with Crippen molar-refractivity contribution in [2.24, 2.45) is 0 Å². The predicted octanol–water partition coefficient (Wildman–Crippen LogP) is 1.97. The highest BCUT2D eigenvalue weighted by molar-refractivity contribution is 7.88. The molecule has 0 saturated carbocycles. The molecule has 0 unspecified atom stereocenters. The van der Waals surface area contributed by atoms with Crippen molar-refractivity contribution in [2.45, 2.75) is 11.6 Å². The van der Waals surface area contributed by atoms with E-state index in [4.69, 9.17) is 4.42 Å². The summed E-state index contributed by atoms with van der Waals surface area (Å²) in [5, 5.41) is 0.973. The van der Waals surface area contributed by atoms with Crippen LogP contribution in [0.1, 0.15) is 16.2 Å². The van der Waals surface area contributed by atoms with Gasteiger partial charge in [-0.1, -0.05) is 18.2 Å². The fourth-order valence-electron chi connectivity index (χ4n) is 3.45. The Bertz CT molecular complexity index is 1090. The fourth-order valence-corrected chi connectivity index (χ4v) is 4.26. The Morgan fingerprint density at radius 2 is 1.83 bits per heavy atom. The van der Waals surface area contributed by atoms with E-state index in [-0.39, 0.29) is 11.0 Å². The molecule has 2 aromatic heterocycles. The molecule has 154 valence electrons. The minimum atomic E-state index is -3.57. The molecule has 1 aromatic carbocycles. The molecule has 1 aliphatic heterocycles. The number of sulfonamides is 1. The smallest absolute Gasteiger partial charge is 0.275 e. The first-order valence-electron chi connectivity index (χ1n) is 9.45. The molecule has 1 N–H and O–H groups in total. The van der Waals surface area contributed by atoms with Gasteiger partial charge in [0.15, 0.2) is 0 Å². The van der Waals surface area contributed by atoms with Crippen molar-refractivity contribution in [3.05, 3.63) is 53.9 Å². The number of aromatic nitrogens is 1. The molecule has 1 aliphatic rings. The number of hydrogen-bond acceptors (Lipinski definition) is 5. The number of carbonyl (C=O) groups excluding carboxylic acids is 1. The van der Waals surface area contributed by atoms with E-state index in [1.165, 1.54) is 20.2 Å². The first kappa shape index (κ1) is 19.7. The van der Waals surface area contributed by atoms with E-state index < -0.39 is 10.0 Å². The van der Waals surface area contributed by atoms with Crippen LogP contribution in [0.2, 0.25) is 0 Å². The van der Waals surface area contributed by atoms with Crippen LogP contribution < -0.4 is 0 Å². The lowest BCUT2D eigenvalue weighted by Crippen LogP contribution is -2.48. The number of rotatable bonds is 5. The Balaban J connectivity index is 1.36. The van der Waals surface area contributed by atoms with Crippen molar-refractivity contribution in [3.63, 3.8) is 0 Å². The van der Waals surface area contributed by atoms with E-state index in [2.05, 4.69) is 9.88 Å². The third-order valence-corrected chi connectivity index (χ3v) is 6.86. The first-order chi connectivity index (χ1) is 13.8. The number of nitrogens with zero attached hydrogens (tertiary/aromatic N) is 3. The van der Waals surface area contributed by atoms with Gasteiger partial charge in [0.1, 0.15) is 11.5 Å². The molecule has 0 radical (unpaired) electrons. The zero-order valence-corrected chi connectivity index (χ0v) is 17.3. The first-order valence-corrected chi connectivity index (χ1v) is 10.9. The lowest BCUT2D eigenvalue weighted by Gasteiger charge is -2.34. The Labute approximate surface area is 169 Å². The standard InChI is InChI=1S/C20H24N4O4S/c1-22(2)29(26,27)19-8-7-16(28-19)14-23-9-11-24(12-10-23)20(25)18-13-15-5-3-4-6-17(15)21-18/h3-8,13,21H,9-12,14H2,1-2H3. The Kier molecular flexibility index (Phi) is 5.20. The molecule has 1 fully saturated rings. The molecule has 8 nitrogen and oxygen atoms in total. The van der Waals surface area contributed by atoms with Gasteiger partial charge in [-0.05, 0) is 24.3 Å². The predicted molar refractivity (Wildman–Crippen MR) is 109 cm³/mol.